The summed E-state index contributed by atoms with van der Waals surface area (Å²) in [6, 6.07) is 3.95. The van der Waals surface area contributed by atoms with Gasteiger partial charge in [-0.05, 0) is 43.4 Å². The Balaban J connectivity index is 2.07. The van der Waals surface area contributed by atoms with Crippen molar-refractivity contribution in [2.45, 2.75) is 25.8 Å². The molecule has 1 aromatic rings. The van der Waals surface area contributed by atoms with Crippen LogP contribution >= 0.6 is 0 Å². The van der Waals surface area contributed by atoms with Crippen molar-refractivity contribution in [1.29, 1.82) is 0 Å². The number of rotatable bonds is 8. The van der Waals surface area contributed by atoms with Gasteiger partial charge in [-0.3, -0.25) is 0 Å². The van der Waals surface area contributed by atoms with E-state index in [4.69, 9.17) is 4.74 Å². The number of halogens is 1. The van der Waals surface area contributed by atoms with Gasteiger partial charge in [-0.1, -0.05) is 12.1 Å². The van der Waals surface area contributed by atoms with Crippen LogP contribution in [0.3, 0.4) is 0 Å². The summed E-state index contributed by atoms with van der Waals surface area (Å²) in [7, 11) is -3.42. The molecule has 0 spiro atoms. The molecule has 0 heterocycles. The van der Waals surface area contributed by atoms with Crippen LogP contribution in [0, 0.1) is 11.7 Å². The van der Waals surface area contributed by atoms with E-state index in [0.29, 0.717) is 18.1 Å². The Kier molecular flexibility index (Phi) is 5.00. The van der Waals surface area contributed by atoms with Crippen molar-refractivity contribution < 1.29 is 17.5 Å². The monoisotopic (exact) mass is 313 g/mol. The molecule has 4 nitrogen and oxygen atoms in total. The number of benzene rings is 1. The number of hydrogen-bond acceptors (Lipinski definition) is 3. The zero-order chi connectivity index (χ0) is 15.5. The molecule has 1 atom stereocenters. The first-order valence-electron chi connectivity index (χ1n) is 6.94. The molecule has 0 amide bonds. The van der Waals surface area contributed by atoms with Gasteiger partial charge >= 0.3 is 0 Å². The van der Waals surface area contributed by atoms with Gasteiger partial charge in [-0.25, -0.2) is 17.5 Å². The second kappa shape index (κ2) is 6.58. The van der Waals surface area contributed by atoms with E-state index in [2.05, 4.69) is 11.3 Å². The highest BCUT2D eigenvalue weighted by molar-refractivity contribution is 7.89. The zero-order valence-corrected chi connectivity index (χ0v) is 12.8. The SMILES string of the molecule is C=CCS(=O)(=O)N[C@H](C)c1ccc(F)c(OCC2CC2)c1. The van der Waals surface area contributed by atoms with Gasteiger partial charge in [0.2, 0.25) is 10.0 Å². The van der Waals surface area contributed by atoms with Crippen LogP contribution in [0.25, 0.3) is 0 Å². The Morgan fingerprint density at radius 2 is 2.24 bits per heavy atom. The third-order valence-electron chi connectivity index (χ3n) is 3.32. The van der Waals surface area contributed by atoms with E-state index < -0.39 is 21.9 Å². The summed E-state index contributed by atoms with van der Waals surface area (Å²) in [6.45, 7) is 5.63. The standard InChI is InChI=1S/C15H20FNO3S/c1-3-8-21(18,19)17-11(2)13-6-7-14(16)15(9-13)20-10-12-4-5-12/h3,6-7,9,11-12,17H,1,4-5,8,10H2,2H3/t11-/m1/s1. The van der Waals surface area contributed by atoms with Crippen LogP contribution in [0.2, 0.25) is 0 Å². The molecule has 1 aromatic carbocycles. The summed E-state index contributed by atoms with van der Waals surface area (Å²) in [5.74, 6) is 0.120. The lowest BCUT2D eigenvalue weighted by Gasteiger charge is -2.15. The van der Waals surface area contributed by atoms with Crippen LogP contribution in [-0.2, 0) is 10.0 Å². The third-order valence-corrected chi connectivity index (χ3v) is 4.71. The molecular formula is C15H20FNO3S. The van der Waals surface area contributed by atoms with Crippen LogP contribution < -0.4 is 9.46 Å². The Morgan fingerprint density at radius 1 is 1.52 bits per heavy atom. The van der Waals surface area contributed by atoms with Crippen molar-refractivity contribution in [3.8, 4) is 5.75 Å². The van der Waals surface area contributed by atoms with Crippen molar-refractivity contribution >= 4 is 10.0 Å². The highest BCUT2D eigenvalue weighted by atomic mass is 32.2. The summed E-state index contributed by atoms with van der Waals surface area (Å²) in [6.07, 6.45) is 3.57. The van der Waals surface area contributed by atoms with E-state index in [0.717, 1.165) is 12.8 Å². The van der Waals surface area contributed by atoms with Gasteiger partial charge in [0, 0.05) is 6.04 Å². The van der Waals surface area contributed by atoms with Gasteiger partial charge < -0.3 is 4.74 Å². The third kappa shape index (κ3) is 4.82. The molecular weight excluding hydrogens is 293 g/mol. The molecule has 0 aliphatic heterocycles. The fourth-order valence-corrected chi connectivity index (χ4v) is 3.01. The molecule has 1 saturated carbocycles. The topological polar surface area (TPSA) is 55.4 Å². The lowest BCUT2D eigenvalue weighted by molar-refractivity contribution is 0.285. The molecule has 1 fully saturated rings. The second-order valence-corrected chi connectivity index (χ2v) is 7.15. The first-order valence-corrected chi connectivity index (χ1v) is 8.59. The predicted molar refractivity (Wildman–Crippen MR) is 80.2 cm³/mol. The average molecular weight is 313 g/mol. The van der Waals surface area contributed by atoms with E-state index in [9.17, 15) is 12.8 Å². The van der Waals surface area contributed by atoms with Gasteiger partial charge in [0.25, 0.3) is 0 Å². The minimum absolute atomic E-state index is 0.149. The van der Waals surface area contributed by atoms with Crippen molar-refractivity contribution in [1.82, 2.24) is 4.72 Å². The molecule has 21 heavy (non-hydrogen) atoms. The van der Waals surface area contributed by atoms with Crippen molar-refractivity contribution in [3.05, 3.63) is 42.2 Å². The smallest absolute Gasteiger partial charge is 0.215 e. The Bertz CT molecular complexity index is 611. The molecule has 0 bridgehead atoms. The first-order chi connectivity index (χ1) is 9.91. The lowest BCUT2D eigenvalue weighted by Crippen LogP contribution is -2.28. The summed E-state index contributed by atoms with van der Waals surface area (Å²) < 4.78 is 45.1. The number of nitrogens with one attached hydrogen (secondary N) is 1. The molecule has 0 aromatic heterocycles. The molecule has 2 rings (SSSR count). The van der Waals surface area contributed by atoms with Crippen LogP contribution in [-0.4, -0.2) is 20.8 Å². The summed E-state index contributed by atoms with van der Waals surface area (Å²) >= 11 is 0. The maximum atomic E-state index is 13.7. The molecule has 0 saturated heterocycles. The number of ether oxygens (including phenoxy) is 1. The van der Waals surface area contributed by atoms with Crippen molar-refractivity contribution in [2.24, 2.45) is 5.92 Å². The molecule has 0 radical (unpaired) electrons. The average Bonchev–Trinajstić information content (AvgIpc) is 3.21. The summed E-state index contributed by atoms with van der Waals surface area (Å²) in [4.78, 5) is 0. The molecule has 1 aliphatic carbocycles. The summed E-state index contributed by atoms with van der Waals surface area (Å²) in [5.41, 5.74) is 0.662. The maximum absolute atomic E-state index is 13.7. The van der Waals surface area contributed by atoms with Crippen molar-refractivity contribution in [2.75, 3.05) is 12.4 Å². The Morgan fingerprint density at radius 3 is 2.86 bits per heavy atom. The van der Waals surface area contributed by atoms with E-state index in [1.165, 1.54) is 12.1 Å². The van der Waals surface area contributed by atoms with Gasteiger partial charge in [0.1, 0.15) is 0 Å². The molecule has 1 aliphatic rings. The van der Waals surface area contributed by atoms with Crippen LogP contribution in [0.5, 0.6) is 5.75 Å². The quantitative estimate of drug-likeness (QED) is 0.751. The predicted octanol–water partition coefficient (Wildman–Crippen LogP) is 2.78. The highest BCUT2D eigenvalue weighted by Crippen LogP contribution is 2.31. The zero-order valence-electron chi connectivity index (χ0n) is 12.0. The normalized spacial score (nSPS) is 16.5. The molecule has 0 unspecified atom stereocenters. The van der Waals surface area contributed by atoms with Crippen LogP contribution in [0.1, 0.15) is 31.4 Å². The fraction of sp³-hybridized carbons (Fsp3) is 0.467. The molecule has 116 valence electrons. The maximum Gasteiger partial charge on any atom is 0.215 e. The molecule has 1 N–H and O–H groups in total. The van der Waals surface area contributed by atoms with Crippen molar-refractivity contribution in [3.63, 3.8) is 0 Å². The lowest BCUT2D eigenvalue weighted by atomic mass is 10.1. The molecule has 6 heteroatoms. The van der Waals surface area contributed by atoms with Gasteiger partial charge in [-0.15, -0.1) is 6.58 Å². The largest absolute Gasteiger partial charge is 0.490 e. The highest BCUT2D eigenvalue weighted by Gasteiger charge is 2.23. The minimum atomic E-state index is -3.42. The number of sulfonamides is 1. The van der Waals surface area contributed by atoms with E-state index in [-0.39, 0.29) is 11.5 Å². The fourth-order valence-electron chi connectivity index (χ4n) is 1.93. The Hall–Kier alpha value is -1.40. The Labute approximate surface area is 125 Å². The van der Waals surface area contributed by atoms with E-state index >= 15 is 0 Å². The van der Waals surface area contributed by atoms with Crippen LogP contribution in [0.4, 0.5) is 4.39 Å². The number of hydrogen-bond donors (Lipinski definition) is 1. The van der Waals surface area contributed by atoms with Gasteiger partial charge in [0.15, 0.2) is 11.6 Å². The summed E-state index contributed by atoms with van der Waals surface area (Å²) in [5, 5.41) is 0. The first kappa shape index (κ1) is 16.0. The van der Waals surface area contributed by atoms with Crippen LogP contribution in [0.15, 0.2) is 30.9 Å². The van der Waals surface area contributed by atoms with E-state index in [1.54, 1.807) is 19.1 Å². The van der Waals surface area contributed by atoms with E-state index in [1.807, 2.05) is 0 Å². The minimum Gasteiger partial charge on any atom is -0.490 e. The second-order valence-electron chi connectivity index (χ2n) is 5.35. The van der Waals surface area contributed by atoms with Gasteiger partial charge in [-0.2, -0.15) is 0 Å². The van der Waals surface area contributed by atoms with Gasteiger partial charge in [0.05, 0.1) is 12.4 Å².